The molecule has 0 aliphatic rings. The van der Waals surface area contributed by atoms with Crippen LogP contribution >= 0.6 is 0 Å². The second-order valence-electron chi connectivity index (χ2n) is 2.32. The molecule has 56 valence electrons. The van der Waals surface area contributed by atoms with Crippen molar-refractivity contribution in [1.29, 1.82) is 0 Å². The molecule has 1 heterocycles. The molecule has 1 aromatic heterocycles. The third-order valence-electron chi connectivity index (χ3n) is 1.66. The van der Waals surface area contributed by atoms with Gasteiger partial charge in [0.2, 0.25) is 0 Å². The Kier molecular flexibility index (Phi) is 1.72. The monoisotopic (exact) mass is 212 g/mol. The predicted molar refractivity (Wildman–Crippen MR) is 47.4 cm³/mol. The molecule has 0 spiro atoms. The SMILES string of the molecule is COc1ccc2cc[se]c2c1. The summed E-state index contributed by atoms with van der Waals surface area (Å²) in [6.45, 7) is 0. The van der Waals surface area contributed by atoms with E-state index in [0.717, 1.165) is 5.75 Å². The van der Waals surface area contributed by atoms with Crippen molar-refractivity contribution < 1.29 is 4.74 Å². The quantitative estimate of drug-likeness (QED) is 0.654. The third-order valence-corrected chi connectivity index (χ3v) is 3.51. The van der Waals surface area contributed by atoms with Gasteiger partial charge in [0.25, 0.3) is 0 Å². The summed E-state index contributed by atoms with van der Waals surface area (Å²) in [6.07, 6.45) is 0. The Morgan fingerprint density at radius 1 is 1.27 bits per heavy atom. The van der Waals surface area contributed by atoms with Crippen molar-refractivity contribution in [3.63, 3.8) is 0 Å². The zero-order valence-corrected chi connectivity index (χ0v) is 7.92. The predicted octanol–water partition coefficient (Wildman–Crippen LogP) is 1.91. The molecule has 0 fully saturated rings. The van der Waals surface area contributed by atoms with Crippen LogP contribution in [0.2, 0.25) is 0 Å². The molecule has 0 aliphatic carbocycles. The topological polar surface area (TPSA) is 9.23 Å². The Bertz CT molecular complexity index is 364. The molecule has 0 unspecified atom stereocenters. The van der Waals surface area contributed by atoms with Gasteiger partial charge in [-0.3, -0.25) is 0 Å². The third kappa shape index (κ3) is 1.20. The summed E-state index contributed by atoms with van der Waals surface area (Å²) in [5.74, 6) is 0.967. The van der Waals surface area contributed by atoms with E-state index in [1.807, 2.05) is 6.07 Å². The van der Waals surface area contributed by atoms with Gasteiger partial charge in [-0.15, -0.1) is 0 Å². The molecule has 0 saturated heterocycles. The fourth-order valence-electron chi connectivity index (χ4n) is 1.06. The van der Waals surface area contributed by atoms with Crippen molar-refractivity contribution in [2.45, 2.75) is 0 Å². The van der Waals surface area contributed by atoms with Crippen LogP contribution < -0.4 is 4.74 Å². The van der Waals surface area contributed by atoms with Gasteiger partial charge < -0.3 is 0 Å². The number of hydrogen-bond donors (Lipinski definition) is 0. The first kappa shape index (κ1) is 6.96. The van der Waals surface area contributed by atoms with Crippen LogP contribution in [0.25, 0.3) is 9.65 Å². The summed E-state index contributed by atoms with van der Waals surface area (Å²) in [6, 6.07) is 8.41. The van der Waals surface area contributed by atoms with E-state index in [4.69, 9.17) is 4.74 Å². The van der Waals surface area contributed by atoms with E-state index in [2.05, 4.69) is 23.1 Å². The van der Waals surface area contributed by atoms with E-state index in [9.17, 15) is 0 Å². The van der Waals surface area contributed by atoms with Crippen LogP contribution in [0.15, 0.2) is 29.2 Å². The zero-order valence-electron chi connectivity index (χ0n) is 6.20. The van der Waals surface area contributed by atoms with E-state index < -0.39 is 0 Å². The van der Waals surface area contributed by atoms with Gasteiger partial charge in [-0.1, -0.05) is 0 Å². The minimum atomic E-state index is 0.532. The first-order valence-electron chi connectivity index (χ1n) is 3.41. The summed E-state index contributed by atoms with van der Waals surface area (Å²) in [4.78, 5) is 2.23. The molecular formula is C9H8OSe. The van der Waals surface area contributed by atoms with E-state index in [-0.39, 0.29) is 0 Å². The van der Waals surface area contributed by atoms with Gasteiger partial charge in [0.15, 0.2) is 0 Å². The van der Waals surface area contributed by atoms with Crippen molar-refractivity contribution >= 4 is 24.1 Å². The van der Waals surface area contributed by atoms with Gasteiger partial charge in [0, 0.05) is 0 Å². The first-order chi connectivity index (χ1) is 5.40. The van der Waals surface area contributed by atoms with Gasteiger partial charge in [-0.25, -0.2) is 0 Å². The maximum absolute atomic E-state index is 5.12. The van der Waals surface area contributed by atoms with E-state index in [1.165, 1.54) is 9.65 Å². The molecule has 0 aliphatic heterocycles. The molecule has 1 nitrogen and oxygen atoms in total. The summed E-state index contributed by atoms with van der Waals surface area (Å²) in [5.41, 5.74) is 0. The second kappa shape index (κ2) is 2.72. The summed E-state index contributed by atoms with van der Waals surface area (Å²) < 4.78 is 6.55. The fourth-order valence-corrected chi connectivity index (χ4v) is 2.78. The van der Waals surface area contributed by atoms with E-state index in [0.29, 0.717) is 14.5 Å². The number of rotatable bonds is 1. The molecule has 0 amide bonds. The summed E-state index contributed by atoms with van der Waals surface area (Å²) in [5, 5.41) is 1.35. The fraction of sp³-hybridized carbons (Fsp3) is 0.111. The molecule has 11 heavy (non-hydrogen) atoms. The van der Waals surface area contributed by atoms with Crippen molar-refractivity contribution in [2.24, 2.45) is 0 Å². The van der Waals surface area contributed by atoms with Crippen LogP contribution in [0.1, 0.15) is 0 Å². The Hall–Kier alpha value is -0.721. The number of hydrogen-bond acceptors (Lipinski definition) is 1. The molecule has 0 bridgehead atoms. The molecule has 2 rings (SSSR count). The summed E-state index contributed by atoms with van der Waals surface area (Å²) >= 11 is 0.532. The minimum absolute atomic E-state index is 0.532. The number of fused-ring (bicyclic) bond motifs is 1. The number of ether oxygens (including phenoxy) is 1. The van der Waals surface area contributed by atoms with Gasteiger partial charge in [-0.2, -0.15) is 0 Å². The van der Waals surface area contributed by atoms with Crippen LogP contribution in [-0.4, -0.2) is 21.6 Å². The Balaban J connectivity index is 2.67. The van der Waals surface area contributed by atoms with E-state index in [1.54, 1.807) is 7.11 Å². The Labute approximate surface area is 71.3 Å². The maximum atomic E-state index is 5.12. The molecule has 2 heteroatoms. The first-order valence-corrected chi connectivity index (χ1v) is 5.26. The van der Waals surface area contributed by atoms with Crippen LogP contribution in [0.3, 0.4) is 0 Å². The van der Waals surface area contributed by atoms with Gasteiger partial charge in [0.1, 0.15) is 0 Å². The second-order valence-corrected chi connectivity index (χ2v) is 4.31. The number of benzene rings is 1. The average Bonchev–Trinajstić information content (AvgIpc) is 2.50. The average molecular weight is 211 g/mol. The van der Waals surface area contributed by atoms with Crippen LogP contribution in [0.4, 0.5) is 0 Å². The van der Waals surface area contributed by atoms with E-state index >= 15 is 0 Å². The van der Waals surface area contributed by atoms with Crippen LogP contribution in [0.5, 0.6) is 5.75 Å². The van der Waals surface area contributed by atoms with Gasteiger partial charge in [0.05, 0.1) is 0 Å². The van der Waals surface area contributed by atoms with Crippen LogP contribution in [-0.2, 0) is 0 Å². The Morgan fingerprint density at radius 3 is 3.00 bits per heavy atom. The molecule has 1 aromatic carbocycles. The van der Waals surface area contributed by atoms with Crippen molar-refractivity contribution in [3.8, 4) is 5.75 Å². The molecule has 0 saturated carbocycles. The van der Waals surface area contributed by atoms with Crippen molar-refractivity contribution in [3.05, 3.63) is 29.2 Å². The van der Waals surface area contributed by atoms with Crippen molar-refractivity contribution in [1.82, 2.24) is 0 Å². The standard InChI is InChI=1S/C9H8OSe/c1-10-8-3-2-7-4-5-11-9(7)6-8/h2-6H,1H3. The summed E-state index contributed by atoms with van der Waals surface area (Å²) in [7, 11) is 1.71. The van der Waals surface area contributed by atoms with Gasteiger partial charge in [-0.05, 0) is 0 Å². The molecule has 0 N–H and O–H groups in total. The normalized spacial score (nSPS) is 10.3. The molecule has 0 radical (unpaired) electrons. The molecule has 0 atom stereocenters. The van der Waals surface area contributed by atoms with Crippen molar-refractivity contribution in [2.75, 3.05) is 7.11 Å². The van der Waals surface area contributed by atoms with Gasteiger partial charge >= 0.3 is 71.0 Å². The number of methoxy groups -OCH3 is 1. The molecule has 2 aromatic rings. The Morgan fingerprint density at radius 2 is 2.18 bits per heavy atom. The molecular weight excluding hydrogens is 203 g/mol. The zero-order chi connectivity index (χ0) is 7.68. The van der Waals surface area contributed by atoms with Crippen LogP contribution in [0, 0.1) is 0 Å².